The molecule has 1 rings (SSSR count). The van der Waals surface area contributed by atoms with Crippen molar-refractivity contribution in [3.8, 4) is 0 Å². The standard InChI is InChI=1S/C5H4BrIN2/c1-3-8-4(6)2-5(7)9-3/h2H,1H3. The van der Waals surface area contributed by atoms with Crippen LogP contribution in [0, 0.1) is 10.6 Å². The van der Waals surface area contributed by atoms with Crippen molar-refractivity contribution in [2.45, 2.75) is 6.92 Å². The van der Waals surface area contributed by atoms with Gasteiger partial charge in [-0.15, -0.1) is 0 Å². The Morgan fingerprint density at radius 2 is 2.22 bits per heavy atom. The van der Waals surface area contributed by atoms with Crippen LogP contribution < -0.4 is 0 Å². The highest BCUT2D eigenvalue weighted by atomic mass is 127. The van der Waals surface area contributed by atoms with Crippen molar-refractivity contribution in [1.29, 1.82) is 0 Å². The van der Waals surface area contributed by atoms with E-state index in [-0.39, 0.29) is 0 Å². The first-order valence-electron chi connectivity index (χ1n) is 2.35. The smallest absolute Gasteiger partial charge is 0.127 e. The molecule has 0 spiro atoms. The highest BCUT2D eigenvalue weighted by Crippen LogP contribution is 2.08. The molecular weight excluding hydrogens is 295 g/mol. The molecule has 0 amide bonds. The van der Waals surface area contributed by atoms with Crippen molar-refractivity contribution >= 4 is 38.5 Å². The molecule has 0 saturated carbocycles. The number of aryl methyl sites for hydroxylation is 1. The van der Waals surface area contributed by atoms with Crippen LogP contribution in [0.2, 0.25) is 0 Å². The predicted octanol–water partition coefficient (Wildman–Crippen LogP) is 2.15. The third-order valence-corrected chi connectivity index (χ3v) is 1.73. The summed E-state index contributed by atoms with van der Waals surface area (Å²) in [6, 6.07) is 1.87. The first-order chi connectivity index (χ1) is 4.18. The van der Waals surface area contributed by atoms with Crippen LogP contribution in [0.4, 0.5) is 0 Å². The van der Waals surface area contributed by atoms with Gasteiger partial charge in [-0.25, -0.2) is 9.97 Å². The molecule has 0 saturated heterocycles. The molecule has 0 unspecified atom stereocenters. The lowest BCUT2D eigenvalue weighted by molar-refractivity contribution is 1.01. The molecule has 0 aromatic carbocycles. The molecule has 1 aromatic rings. The minimum absolute atomic E-state index is 0.800. The zero-order valence-electron chi connectivity index (χ0n) is 4.73. The molecule has 9 heavy (non-hydrogen) atoms. The maximum absolute atomic E-state index is 4.08. The normalized spacial score (nSPS) is 9.67. The number of hydrogen-bond acceptors (Lipinski definition) is 2. The molecule has 0 aliphatic carbocycles. The van der Waals surface area contributed by atoms with E-state index in [1.807, 2.05) is 13.0 Å². The van der Waals surface area contributed by atoms with Gasteiger partial charge >= 0.3 is 0 Å². The predicted molar refractivity (Wildman–Crippen MR) is 47.2 cm³/mol. The van der Waals surface area contributed by atoms with E-state index in [9.17, 15) is 0 Å². The summed E-state index contributed by atoms with van der Waals surface area (Å²) in [5.41, 5.74) is 0. The van der Waals surface area contributed by atoms with E-state index in [0.29, 0.717) is 0 Å². The summed E-state index contributed by atoms with van der Waals surface area (Å²) >= 11 is 5.41. The van der Waals surface area contributed by atoms with Crippen molar-refractivity contribution in [3.05, 3.63) is 20.2 Å². The fourth-order valence-corrected chi connectivity index (χ4v) is 2.04. The Morgan fingerprint density at radius 3 is 2.67 bits per heavy atom. The van der Waals surface area contributed by atoms with Crippen molar-refractivity contribution < 1.29 is 0 Å². The molecule has 48 valence electrons. The molecule has 0 N–H and O–H groups in total. The molecule has 1 aromatic heterocycles. The van der Waals surface area contributed by atoms with Gasteiger partial charge in [-0.05, 0) is 45.4 Å². The van der Waals surface area contributed by atoms with Gasteiger partial charge in [-0.1, -0.05) is 0 Å². The van der Waals surface area contributed by atoms with Crippen molar-refractivity contribution in [2.24, 2.45) is 0 Å². The minimum Gasteiger partial charge on any atom is -0.227 e. The van der Waals surface area contributed by atoms with Crippen LogP contribution in [0.15, 0.2) is 10.7 Å². The fourth-order valence-electron chi connectivity index (χ4n) is 0.497. The molecular formula is C5H4BrIN2. The summed E-state index contributed by atoms with van der Waals surface area (Å²) in [5, 5.41) is 0. The van der Waals surface area contributed by atoms with Crippen LogP contribution in [0.1, 0.15) is 5.82 Å². The average molecular weight is 299 g/mol. The number of halogens is 2. The summed E-state index contributed by atoms with van der Waals surface area (Å²) in [6.07, 6.45) is 0. The highest BCUT2D eigenvalue weighted by Gasteiger charge is 1.93. The van der Waals surface area contributed by atoms with Crippen LogP contribution in [0.5, 0.6) is 0 Å². The van der Waals surface area contributed by atoms with Gasteiger partial charge in [0.15, 0.2) is 0 Å². The largest absolute Gasteiger partial charge is 0.227 e. The van der Waals surface area contributed by atoms with E-state index in [4.69, 9.17) is 0 Å². The molecule has 4 heteroatoms. The maximum Gasteiger partial charge on any atom is 0.127 e. The zero-order valence-corrected chi connectivity index (χ0v) is 8.47. The van der Waals surface area contributed by atoms with Gasteiger partial charge in [0, 0.05) is 6.07 Å². The lowest BCUT2D eigenvalue weighted by Crippen LogP contribution is -1.89. The average Bonchev–Trinajstić information content (AvgIpc) is 1.59. The molecule has 0 radical (unpaired) electrons. The van der Waals surface area contributed by atoms with Gasteiger partial charge in [-0.3, -0.25) is 0 Å². The van der Waals surface area contributed by atoms with Crippen LogP contribution in [0.25, 0.3) is 0 Å². The molecule has 0 aliphatic rings. The number of hydrogen-bond donors (Lipinski definition) is 0. The maximum atomic E-state index is 4.08. The van der Waals surface area contributed by atoms with Crippen LogP contribution >= 0.6 is 38.5 Å². The first kappa shape index (κ1) is 7.40. The monoisotopic (exact) mass is 298 g/mol. The van der Waals surface area contributed by atoms with Gasteiger partial charge in [0.2, 0.25) is 0 Å². The van der Waals surface area contributed by atoms with E-state index in [1.165, 1.54) is 0 Å². The first-order valence-corrected chi connectivity index (χ1v) is 4.22. The summed E-state index contributed by atoms with van der Waals surface area (Å²) in [6.45, 7) is 1.87. The Hall–Kier alpha value is 0.290. The van der Waals surface area contributed by atoms with E-state index in [2.05, 4.69) is 48.5 Å². The molecule has 2 nitrogen and oxygen atoms in total. The van der Waals surface area contributed by atoms with E-state index < -0.39 is 0 Å². The van der Waals surface area contributed by atoms with Crippen molar-refractivity contribution in [2.75, 3.05) is 0 Å². The van der Waals surface area contributed by atoms with E-state index >= 15 is 0 Å². The van der Waals surface area contributed by atoms with Crippen molar-refractivity contribution in [3.63, 3.8) is 0 Å². The number of rotatable bonds is 0. The van der Waals surface area contributed by atoms with Crippen molar-refractivity contribution in [1.82, 2.24) is 9.97 Å². The van der Waals surface area contributed by atoms with Crippen LogP contribution in [-0.2, 0) is 0 Å². The summed E-state index contributed by atoms with van der Waals surface area (Å²) in [7, 11) is 0. The Labute approximate surface area is 75.4 Å². The highest BCUT2D eigenvalue weighted by molar-refractivity contribution is 14.1. The van der Waals surface area contributed by atoms with E-state index in [0.717, 1.165) is 14.1 Å². The third kappa shape index (κ3) is 2.17. The minimum atomic E-state index is 0.800. The van der Waals surface area contributed by atoms with Gasteiger partial charge < -0.3 is 0 Å². The van der Waals surface area contributed by atoms with Crippen LogP contribution in [-0.4, -0.2) is 9.97 Å². The summed E-state index contributed by atoms with van der Waals surface area (Å²) < 4.78 is 1.81. The Balaban J connectivity index is 3.17. The zero-order chi connectivity index (χ0) is 6.85. The topological polar surface area (TPSA) is 25.8 Å². The SMILES string of the molecule is Cc1nc(Br)cc(I)n1. The molecule has 0 bridgehead atoms. The summed E-state index contributed by atoms with van der Waals surface area (Å²) in [4.78, 5) is 8.12. The lowest BCUT2D eigenvalue weighted by atomic mass is 10.6. The van der Waals surface area contributed by atoms with Gasteiger partial charge in [-0.2, -0.15) is 0 Å². The van der Waals surface area contributed by atoms with Gasteiger partial charge in [0.05, 0.1) is 0 Å². The third-order valence-electron chi connectivity index (χ3n) is 0.775. The summed E-state index contributed by atoms with van der Waals surface area (Å²) in [5.74, 6) is 0.800. The van der Waals surface area contributed by atoms with E-state index in [1.54, 1.807) is 0 Å². The second-order valence-electron chi connectivity index (χ2n) is 1.56. The number of aromatic nitrogens is 2. The molecule has 0 atom stereocenters. The Bertz CT molecular complexity index is 176. The quantitative estimate of drug-likeness (QED) is 0.542. The fraction of sp³-hybridized carbons (Fsp3) is 0.200. The van der Waals surface area contributed by atoms with Gasteiger partial charge in [0.25, 0.3) is 0 Å². The molecule has 1 heterocycles. The second kappa shape index (κ2) is 2.92. The lowest BCUT2D eigenvalue weighted by Gasteiger charge is -1.92. The molecule has 0 fully saturated rings. The Morgan fingerprint density at radius 1 is 1.56 bits per heavy atom. The van der Waals surface area contributed by atoms with Gasteiger partial charge in [0.1, 0.15) is 14.1 Å². The Kier molecular flexibility index (Phi) is 2.40. The second-order valence-corrected chi connectivity index (χ2v) is 3.48. The number of nitrogens with zero attached hydrogens (tertiary/aromatic N) is 2. The molecule has 0 aliphatic heterocycles. The van der Waals surface area contributed by atoms with Crippen LogP contribution in [0.3, 0.4) is 0 Å².